The fraction of sp³-hybridized carbons (Fsp3) is 0.250. The lowest BCUT2D eigenvalue weighted by Gasteiger charge is -2.17. The molecule has 1 aromatic heterocycles. The van der Waals surface area contributed by atoms with E-state index in [1.165, 1.54) is 11.8 Å². The molecular weight excluding hydrogens is 286 g/mol. The molecule has 1 fully saturated rings. The summed E-state index contributed by atoms with van der Waals surface area (Å²) in [5.74, 6) is 0.613. The van der Waals surface area contributed by atoms with Gasteiger partial charge in [-0.2, -0.15) is 0 Å². The van der Waals surface area contributed by atoms with E-state index in [1.54, 1.807) is 6.07 Å². The number of nitrogens with two attached hydrogens (primary N) is 1. The number of anilines is 1. The zero-order valence-corrected chi connectivity index (χ0v) is 12.3. The summed E-state index contributed by atoms with van der Waals surface area (Å²) in [6, 6.07) is 11.8. The number of pyridine rings is 1. The van der Waals surface area contributed by atoms with E-state index in [2.05, 4.69) is 17.1 Å². The van der Waals surface area contributed by atoms with E-state index in [0.29, 0.717) is 28.9 Å². The Morgan fingerprint density at radius 2 is 2.10 bits per heavy atom. The molecule has 2 heterocycles. The van der Waals surface area contributed by atoms with Gasteiger partial charge in [-0.15, -0.1) is 0 Å². The highest BCUT2D eigenvalue weighted by atomic mass is 35.5. The first-order valence-electron chi connectivity index (χ1n) is 6.90. The second-order valence-electron chi connectivity index (χ2n) is 5.24. The minimum atomic E-state index is -0.0764. The summed E-state index contributed by atoms with van der Waals surface area (Å²) in [6.45, 7) is 1.44. The van der Waals surface area contributed by atoms with Gasteiger partial charge in [0, 0.05) is 25.2 Å². The number of nitrogen functional groups attached to an aromatic ring is 1. The first-order valence-corrected chi connectivity index (χ1v) is 7.28. The summed E-state index contributed by atoms with van der Waals surface area (Å²) >= 11 is 6.06. The largest absolute Gasteiger partial charge is 0.384 e. The van der Waals surface area contributed by atoms with Gasteiger partial charge in [0.2, 0.25) is 0 Å². The maximum Gasteiger partial charge on any atom is 0.255 e. The van der Waals surface area contributed by atoms with E-state index in [0.717, 1.165) is 13.0 Å². The van der Waals surface area contributed by atoms with Gasteiger partial charge in [0.05, 0.1) is 10.6 Å². The third-order valence-electron chi connectivity index (χ3n) is 3.85. The van der Waals surface area contributed by atoms with E-state index in [9.17, 15) is 4.79 Å². The van der Waals surface area contributed by atoms with Gasteiger partial charge in [-0.05, 0) is 18.1 Å². The average Bonchev–Trinajstić information content (AvgIpc) is 3.00. The Labute approximate surface area is 128 Å². The van der Waals surface area contributed by atoms with Crippen molar-refractivity contribution >= 4 is 23.3 Å². The van der Waals surface area contributed by atoms with Crippen molar-refractivity contribution in [1.82, 2.24) is 9.88 Å². The molecule has 108 valence electrons. The zero-order valence-electron chi connectivity index (χ0n) is 11.5. The third-order valence-corrected chi connectivity index (χ3v) is 4.15. The number of amides is 1. The Morgan fingerprint density at radius 3 is 2.86 bits per heavy atom. The standard InChI is InChI=1S/C16H16ClN3O/c17-14-9-19-15(18)8-13(14)16(21)20-7-6-12(10-20)11-4-2-1-3-5-11/h1-5,8-9,12H,6-7,10H2,(H2,18,19). The van der Waals surface area contributed by atoms with Crippen LogP contribution < -0.4 is 5.73 Å². The summed E-state index contributed by atoms with van der Waals surface area (Å²) in [6.07, 6.45) is 2.39. The van der Waals surface area contributed by atoms with Gasteiger partial charge in [-0.25, -0.2) is 4.98 Å². The van der Waals surface area contributed by atoms with E-state index >= 15 is 0 Å². The van der Waals surface area contributed by atoms with E-state index in [4.69, 9.17) is 17.3 Å². The number of aromatic nitrogens is 1. The molecule has 0 bridgehead atoms. The zero-order chi connectivity index (χ0) is 14.8. The predicted octanol–water partition coefficient (Wildman–Crippen LogP) is 2.95. The minimum Gasteiger partial charge on any atom is -0.384 e. The molecular formula is C16H16ClN3O. The SMILES string of the molecule is Nc1cc(C(=O)N2CCC(c3ccccc3)C2)c(Cl)cn1. The maximum atomic E-state index is 12.6. The fourth-order valence-electron chi connectivity index (χ4n) is 2.73. The molecule has 1 atom stereocenters. The van der Waals surface area contributed by atoms with Crippen LogP contribution in [0.2, 0.25) is 5.02 Å². The number of hydrogen-bond donors (Lipinski definition) is 1. The lowest BCUT2D eigenvalue weighted by molar-refractivity contribution is 0.0791. The van der Waals surface area contributed by atoms with E-state index < -0.39 is 0 Å². The van der Waals surface area contributed by atoms with Crippen molar-refractivity contribution in [3.63, 3.8) is 0 Å². The molecule has 2 N–H and O–H groups in total. The number of likely N-dealkylation sites (tertiary alicyclic amines) is 1. The summed E-state index contributed by atoms with van der Waals surface area (Å²) in [4.78, 5) is 18.3. The fourth-order valence-corrected chi connectivity index (χ4v) is 2.92. The van der Waals surface area contributed by atoms with Crippen molar-refractivity contribution in [3.05, 3.63) is 58.7 Å². The van der Waals surface area contributed by atoms with Crippen molar-refractivity contribution in [2.24, 2.45) is 0 Å². The predicted molar refractivity (Wildman–Crippen MR) is 83.4 cm³/mol. The second-order valence-corrected chi connectivity index (χ2v) is 5.64. The van der Waals surface area contributed by atoms with Gasteiger partial charge in [-0.3, -0.25) is 4.79 Å². The molecule has 0 saturated carbocycles. The highest BCUT2D eigenvalue weighted by molar-refractivity contribution is 6.33. The number of carbonyl (C=O) groups excluding carboxylic acids is 1. The minimum absolute atomic E-state index is 0.0764. The van der Waals surface area contributed by atoms with Crippen LogP contribution >= 0.6 is 11.6 Å². The Bertz CT molecular complexity index is 660. The van der Waals surface area contributed by atoms with Crippen LogP contribution in [0.25, 0.3) is 0 Å². The van der Waals surface area contributed by atoms with Crippen LogP contribution in [0.4, 0.5) is 5.82 Å². The van der Waals surface area contributed by atoms with Gasteiger partial charge < -0.3 is 10.6 Å². The molecule has 1 unspecified atom stereocenters. The van der Waals surface area contributed by atoms with Crippen LogP contribution in [0.5, 0.6) is 0 Å². The Balaban J connectivity index is 1.77. The molecule has 1 saturated heterocycles. The molecule has 5 heteroatoms. The van der Waals surface area contributed by atoms with Crippen LogP contribution in [0.3, 0.4) is 0 Å². The summed E-state index contributed by atoms with van der Waals surface area (Å²) in [7, 11) is 0. The molecule has 2 aromatic rings. The van der Waals surface area contributed by atoms with Crippen LogP contribution in [0, 0.1) is 0 Å². The van der Waals surface area contributed by atoms with Gasteiger partial charge in [0.15, 0.2) is 0 Å². The van der Waals surface area contributed by atoms with Crippen molar-refractivity contribution in [1.29, 1.82) is 0 Å². The molecule has 1 aromatic carbocycles. The smallest absolute Gasteiger partial charge is 0.255 e. The number of carbonyl (C=O) groups is 1. The summed E-state index contributed by atoms with van der Waals surface area (Å²) in [5.41, 5.74) is 7.34. The number of halogens is 1. The monoisotopic (exact) mass is 301 g/mol. The quantitative estimate of drug-likeness (QED) is 0.928. The van der Waals surface area contributed by atoms with Crippen LogP contribution in [-0.2, 0) is 0 Å². The number of rotatable bonds is 2. The van der Waals surface area contributed by atoms with Gasteiger partial charge in [0.25, 0.3) is 5.91 Å². The normalized spacial score (nSPS) is 18.0. The van der Waals surface area contributed by atoms with Crippen LogP contribution in [0.1, 0.15) is 28.3 Å². The van der Waals surface area contributed by atoms with Crippen molar-refractivity contribution in [2.75, 3.05) is 18.8 Å². The lowest BCUT2D eigenvalue weighted by Crippen LogP contribution is -2.28. The van der Waals surface area contributed by atoms with Crippen molar-refractivity contribution < 1.29 is 4.79 Å². The van der Waals surface area contributed by atoms with E-state index in [-0.39, 0.29) is 5.91 Å². The molecule has 1 aliphatic heterocycles. The molecule has 1 amide bonds. The molecule has 0 aliphatic carbocycles. The molecule has 0 radical (unpaired) electrons. The first kappa shape index (κ1) is 13.9. The Morgan fingerprint density at radius 1 is 1.33 bits per heavy atom. The number of nitrogens with zero attached hydrogens (tertiary/aromatic N) is 2. The first-order chi connectivity index (χ1) is 10.1. The van der Waals surface area contributed by atoms with Gasteiger partial charge in [-0.1, -0.05) is 41.9 Å². The van der Waals surface area contributed by atoms with Crippen molar-refractivity contribution in [3.8, 4) is 0 Å². The maximum absolute atomic E-state index is 12.6. The molecule has 0 spiro atoms. The highest BCUT2D eigenvalue weighted by Crippen LogP contribution is 2.29. The Kier molecular flexibility index (Phi) is 3.80. The van der Waals surface area contributed by atoms with Crippen LogP contribution in [-0.4, -0.2) is 28.9 Å². The molecule has 21 heavy (non-hydrogen) atoms. The second kappa shape index (κ2) is 5.74. The molecule has 3 rings (SSSR count). The molecule has 4 nitrogen and oxygen atoms in total. The van der Waals surface area contributed by atoms with Crippen molar-refractivity contribution in [2.45, 2.75) is 12.3 Å². The highest BCUT2D eigenvalue weighted by Gasteiger charge is 2.28. The van der Waals surface area contributed by atoms with E-state index in [1.807, 2.05) is 23.1 Å². The Hall–Kier alpha value is -2.07. The number of benzene rings is 1. The molecule has 1 aliphatic rings. The third kappa shape index (κ3) is 2.85. The topological polar surface area (TPSA) is 59.2 Å². The van der Waals surface area contributed by atoms with Gasteiger partial charge >= 0.3 is 0 Å². The average molecular weight is 302 g/mol. The van der Waals surface area contributed by atoms with Crippen LogP contribution in [0.15, 0.2) is 42.6 Å². The number of hydrogen-bond acceptors (Lipinski definition) is 3. The van der Waals surface area contributed by atoms with Gasteiger partial charge in [0.1, 0.15) is 5.82 Å². The summed E-state index contributed by atoms with van der Waals surface area (Å²) < 4.78 is 0. The lowest BCUT2D eigenvalue weighted by atomic mass is 9.99. The summed E-state index contributed by atoms with van der Waals surface area (Å²) in [5, 5.41) is 0.345.